The highest BCUT2D eigenvalue weighted by molar-refractivity contribution is 7.98. The zero-order valence-corrected chi connectivity index (χ0v) is 17.2. The fraction of sp³-hybridized carbons (Fsp3) is 0.579. The number of pyridine rings is 1. The minimum atomic E-state index is 0.211. The molecule has 0 bridgehead atoms. The van der Waals surface area contributed by atoms with Gasteiger partial charge in [-0.05, 0) is 43.7 Å². The summed E-state index contributed by atoms with van der Waals surface area (Å²) in [6, 6.07) is 3.96. The molecule has 8 heteroatoms. The zero-order chi connectivity index (χ0) is 19.2. The van der Waals surface area contributed by atoms with E-state index in [4.69, 9.17) is 0 Å². The predicted molar refractivity (Wildman–Crippen MR) is 106 cm³/mol. The Morgan fingerprint density at radius 1 is 1.33 bits per heavy atom. The predicted octanol–water partition coefficient (Wildman–Crippen LogP) is 1.85. The number of amides is 1. The second-order valence-corrected chi connectivity index (χ2v) is 8.00. The van der Waals surface area contributed by atoms with Crippen LogP contribution in [-0.2, 0) is 24.8 Å². The minimum Gasteiger partial charge on any atom is -0.342 e. The lowest BCUT2D eigenvalue weighted by atomic mass is 9.93. The highest BCUT2D eigenvalue weighted by atomic mass is 32.2. The van der Waals surface area contributed by atoms with Gasteiger partial charge in [0.1, 0.15) is 5.82 Å². The number of hydrogen-bond acceptors (Lipinski definition) is 6. The molecule has 27 heavy (non-hydrogen) atoms. The molecule has 1 aliphatic heterocycles. The average Bonchev–Trinajstić information content (AvgIpc) is 3.02. The molecule has 146 valence electrons. The lowest BCUT2D eigenvalue weighted by Gasteiger charge is -2.33. The third kappa shape index (κ3) is 5.29. The molecule has 7 nitrogen and oxygen atoms in total. The van der Waals surface area contributed by atoms with Crippen LogP contribution in [0.4, 0.5) is 0 Å². The van der Waals surface area contributed by atoms with Gasteiger partial charge in [-0.1, -0.05) is 17.8 Å². The van der Waals surface area contributed by atoms with E-state index in [9.17, 15) is 4.79 Å². The van der Waals surface area contributed by atoms with Gasteiger partial charge in [0.05, 0.1) is 6.54 Å². The van der Waals surface area contributed by atoms with Crippen molar-refractivity contribution in [3.05, 3.63) is 35.9 Å². The minimum absolute atomic E-state index is 0.211. The number of likely N-dealkylation sites (tertiary alicyclic amines) is 1. The van der Waals surface area contributed by atoms with Crippen LogP contribution in [0.15, 0.2) is 29.7 Å². The quantitative estimate of drug-likeness (QED) is 0.675. The van der Waals surface area contributed by atoms with Gasteiger partial charge in [-0.2, -0.15) is 0 Å². The van der Waals surface area contributed by atoms with Gasteiger partial charge in [0.2, 0.25) is 5.91 Å². The summed E-state index contributed by atoms with van der Waals surface area (Å²) in [5, 5.41) is 9.48. The highest BCUT2D eigenvalue weighted by Gasteiger charge is 2.25. The molecule has 0 atom stereocenters. The van der Waals surface area contributed by atoms with Crippen LogP contribution in [0.3, 0.4) is 0 Å². The monoisotopic (exact) mass is 388 g/mol. The van der Waals surface area contributed by atoms with Gasteiger partial charge in [-0.25, -0.2) is 0 Å². The van der Waals surface area contributed by atoms with Crippen molar-refractivity contribution in [3.8, 4) is 0 Å². The molecule has 1 saturated heterocycles. The largest absolute Gasteiger partial charge is 0.342 e. The van der Waals surface area contributed by atoms with E-state index in [-0.39, 0.29) is 5.91 Å². The molecule has 2 aromatic rings. The van der Waals surface area contributed by atoms with Gasteiger partial charge in [0, 0.05) is 45.5 Å². The van der Waals surface area contributed by atoms with E-state index in [1.165, 1.54) is 0 Å². The molecule has 1 amide bonds. The Kier molecular flexibility index (Phi) is 6.84. The van der Waals surface area contributed by atoms with Crippen molar-refractivity contribution in [3.63, 3.8) is 0 Å². The van der Waals surface area contributed by atoms with Crippen LogP contribution in [0, 0.1) is 5.92 Å². The smallest absolute Gasteiger partial charge is 0.236 e. The number of nitrogens with zero attached hydrogens (tertiary/aromatic N) is 6. The first kappa shape index (κ1) is 19.8. The average molecular weight is 389 g/mol. The normalized spacial score (nSPS) is 15.5. The summed E-state index contributed by atoms with van der Waals surface area (Å²) < 4.78 is 2.08. The third-order valence-corrected chi connectivity index (χ3v) is 5.85. The summed E-state index contributed by atoms with van der Waals surface area (Å²) >= 11 is 1.62. The molecule has 2 aromatic heterocycles. The number of hydrogen-bond donors (Lipinski definition) is 0. The van der Waals surface area contributed by atoms with Crippen molar-refractivity contribution in [1.29, 1.82) is 0 Å². The van der Waals surface area contributed by atoms with Gasteiger partial charge in [0.25, 0.3) is 0 Å². The highest BCUT2D eigenvalue weighted by Crippen LogP contribution is 2.22. The molecule has 0 radical (unpaired) electrons. The summed E-state index contributed by atoms with van der Waals surface area (Å²) in [5.74, 6) is 1.82. The van der Waals surface area contributed by atoms with Crippen molar-refractivity contribution in [2.45, 2.75) is 31.0 Å². The summed E-state index contributed by atoms with van der Waals surface area (Å²) in [6.45, 7) is 2.84. The van der Waals surface area contributed by atoms with E-state index in [1.807, 2.05) is 43.6 Å². The molecule has 0 spiro atoms. The first-order valence-electron chi connectivity index (χ1n) is 9.34. The van der Waals surface area contributed by atoms with Crippen LogP contribution in [0.2, 0.25) is 0 Å². The fourth-order valence-corrected chi connectivity index (χ4v) is 4.04. The maximum Gasteiger partial charge on any atom is 0.236 e. The van der Waals surface area contributed by atoms with E-state index in [0.717, 1.165) is 55.4 Å². The van der Waals surface area contributed by atoms with Crippen molar-refractivity contribution in [2.24, 2.45) is 13.0 Å². The molecule has 1 aliphatic rings. The van der Waals surface area contributed by atoms with E-state index in [0.29, 0.717) is 12.5 Å². The van der Waals surface area contributed by atoms with Gasteiger partial charge in [-0.3, -0.25) is 14.7 Å². The summed E-state index contributed by atoms with van der Waals surface area (Å²) in [7, 11) is 4.01. The molecule has 3 rings (SSSR count). The van der Waals surface area contributed by atoms with Crippen LogP contribution in [0.25, 0.3) is 0 Å². The number of piperidine rings is 1. The molecule has 3 heterocycles. The van der Waals surface area contributed by atoms with Crippen LogP contribution < -0.4 is 0 Å². The maximum absolute atomic E-state index is 12.6. The van der Waals surface area contributed by atoms with Crippen LogP contribution in [-0.4, -0.2) is 68.4 Å². The Balaban J connectivity index is 1.44. The Morgan fingerprint density at radius 2 is 2.11 bits per heavy atom. The molecule has 0 aromatic carbocycles. The Morgan fingerprint density at radius 3 is 2.74 bits per heavy atom. The van der Waals surface area contributed by atoms with Crippen molar-refractivity contribution in [1.82, 2.24) is 29.5 Å². The summed E-state index contributed by atoms with van der Waals surface area (Å²) in [4.78, 5) is 20.8. The van der Waals surface area contributed by atoms with Crippen LogP contribution in [0.1, 0.15) is 24.2 Å². The fourth-order valence-electron chi connectivity index (χ4n) is 3.54. The van der Waals surface area contributed by atoms with Crippen molar-refractivity contribution < 1.29 is 4.79 Å². The van der Waals surface area contributed by atoms with Gasteiger partial charge >= 0.3 is 0 Å². The van der Waals surface area contributed by atoms with Gasteiger partial charge in [0.15, 0.2) is 5.16 Å². The SMILES string of the molecule is CSc1nnc(CC2CCN(C(=O)CN(C)Cc3cccnc3)CC2)n1C. The lowest BCUT2D eigenvalue weighted by Crippen LogP contribution is -2.43. The number of carbonyl (C=O) groups excluding carboxylic acids is 1. The van der Waals surface area contributed by atoms with E-state index < -0.39 is 0 Å². The van der Waals surface area contributed by atoms with E-state index >= 15 is 0 Å². The molecular formula is C19H28N6OS. The number of thioether (sulfide) groups is 1. The number of aromatic nitrogens is 4. The number of likely N-dealkylation sites (N-methyl/N-ethyl adjacent to an activating group) is 1. The standard InChI is InChI=1S/C19H28N6OS/c1-23(13-16-5-4-8-20-12-16)14-18(26)25-9-6-15(7-10-25)11-17-21-22-19(27-3)24(17)2/h4-5,8,12,15H,6-7,9-11,13-14H2,1-3H3. The van der Waals surface area contributed by atoms with Crippen molar-refractivity contribution in [2.75, 3.05) is 32.9 Å². The van der Waals surface area contributed by atoms with E-state index in [2.05, 4.69) is 24.6 Å². The molecule has 0 N–H and O–H groups in total. The molecule has 0 saturated carbocycles. The second kappa shape index (κ2) is 9.32. The zero-order valence-electron chi connectivity index (χ0n) is 16.3. The molecule has 1 fully saturated rings. The number of carbonyl (C=O) groups is 1. The maximum atomic E-state index is 12.6. The second-order valence-electron chi connectivity index (χ2n) is 7.22. The Bertz CT molecular complexity index is 742. The summed E-state index contributed by atoms with van der Waals surface area (Å²) in [6.07, 6.45) is 8.62. The van der Waals surface area contributed by atoms with Crippen LogP contribution in [0.5, 0.6) is 0 Å². The lowest BCUT2D eigenvalue weighted by molar-refractivity contribution is -0.133. The van der Waals surface area contributed by atoms with E-state index in [1.54, 1.807) is 18.0 Å². The molecule has 0 aliphatic carbocycles. The topological polar surface area (TPSA) is 67.2 Å². The Hall–Kier alpha value is -1.93. The molecule has 0 unspecified atom stereocenters. The number of rotatable bonds is 7. The first-order chi connectivity index (χ1) is 13.1. The molecular weight excluding hydrogens is 360 g/mol. The van der Waals surface area contributed by atoms with Crippen molar-refractivity contribution >= 4 is 17.7 Å². The third-order valence-electron chi connectivity index (χ3n) is 5.13. The first-order valence-corrected chi connectivity index (χ1v) is 10.6. The van der Waals surface area contributed by atoms with Crippen LogP contribution >= 0.6 is 11.8 Å². The summed E-state index contributed by atoms with van der Waals surface area (Å²) in [5.41, 5.74) is 1.12. The Labute approximate surface area is 165 Å². The van der Waals surface area contributed by atoms with Gasteiger partial charge < -0.3 is 9.47 Å². The van der Waals surface area contributed by atoms with Gasteiger partial charge in [-0.15, -0.1) is 10.2 Å².